The maximum atomic E-state index is 11.8. The first-order valence-corrected chi connectivity index (χ1v) is 7.11. The van der Waals surface area contributed by atoms with Crippen molar-refractivity contribution in [2.75, 3.05) is 26.2 Å². The summed E-state index contributed by atoms with van der Waals surface area (Å²) in [6.45, 7) is 2.94. The first-order chi connectivity index (χ1) is 9.19. The number of carbonyl (C=O) groups excluding carboxylic acids is 1. The van der Waals surface area contributed by atoms with Gasteiger partial charge < -0.3 is 9.73 Å². The van der Waals surface area contributed by atoms with E-state index >= 15 is 0 Å². The molecule has 1 saturated heterocycles. The van der Waals surface area contributed by atoms with Gasteiger partial charge in [-0.1, -0.05) is 0 Å². The second-order valence-electron chi connectivity index (χ2n) is 4.72. The summed E-state index contributed by atoms with van der Waals surface area (Å²) in [6, 6.07) is 5.51. The Balaban J connectivity index is 1.79. The molecule has 1 atom stereocenters. The van der Waals surface area contributed by atoms with Crippen LogP contribution in [0.25, 0.3) is 0 Å². The molecule has 1 unspecified atom stereocenters. The van der Waals surface area contributed by atoms with Crippen LogP contribution in [0.15, 0.2) is 21.2 Å². The number of furan rings is 1. The number of carbonyl (C=O) groups is 1. The first-order valence-electron chi connectivity index (χ1n) is 6.32. The molecule has 6 heteroatoms. The molecule has 2 heterocycles. The zero-order chi connectivity index (χ0) is 13.7. The molecule has 1 fully saturated rings. The third kappa shape index (κ3) is 4.08. The zero-order valence-electron chi connectivity index (χ0n) is 10.6. The van der Waals surface area contributed by atoms with Crippen LogP contribution >= 0.6 is 15.9 Å². The number of nitrogens with zero attached hydrogens (tertiary/aromatic N) is 2. The third-order valence-corrected chi connectivity index (χ3v) is 3.67. The van der Waals surface area contributed by atoms with E-state index in [9.17, 15) is 4.79 Å². The summed E-state index contributed by atoms with van der Waals surface area (Å²) in [6.07, 6.45) is 2.17. The van der Waals surface area contributed by atoms with Crippen LogP contribution in [-0.2, 0) is 0 Å². The lowest BCUT2D eigenvalue weighted by Crippen LogP contribution is -2.41. The summed E-state index contributed by atoms with van der Waals surface area (Å²) in [5.74, 6) is 0.532. The molecular weight excluding hydrogens is 310 g/mol. The van der Waals surface area contributed by atoms with E-state index in [0.29, 0.717) is 29.4 Å². The van der Waals surface area contributed by atoms with Crippen molar-refractivity contribution >= 4 is 21.8 Å². The number of piperidine rings is 1. The highest BCUT2D eigenvalue weighted by atomic mass is 79.9. The van der Waals surface area contributed by atoms with Gasteiger partial charge in [0.2, 0.25) is 0 Å². The van der Waals surface area contributed by atoms with Gasteiger partial charge in [-0.3, -0.25) is 9.69 Å². The predicted octanol–water partition coefficient (Wildman–Crippen LogP) is 2.01. The molecule has 0 spiro atoms. The lowest BCUT2D eigenvalue weighted by atomic mass is 9.98. The fourth-order valence-electron chi connectivity index (χ4n) is 2.32. The smallest absolute Gasteiger partial charge is 0.287 e. The minimum absolute atomic E-state index is 0.192. The Morgan fingerprint density at radius 2 is 2.47 bits per heavy atom. The lowest BCUT2D eigenvalue weighted by Gasteiger charge is -2.30. The maximum absolute atomic E-state index is 11.8. The van der Waals surface area contributed by atoms with Gasteiger partial charge in [0.15, 0.2) is 10.4 Å². The Morgan fingerprint density at radius 1 is 1.63 bits per heavy atom. The van der Waals surface area contributed by atoms with Crippen LogP contribution in [-0.4, -0.2) is 37.0 Å². The van der Waals surface area contributed by atoms with E-state index in [2.05, 4.69) is 32.2 Å². The zero-order valence-corrected chi connectivity index (χ0v) is 12.1. The van der Waals surface area contributed by atoms with Gasteiger partial charge in [-0.15, -0.1) is 0 Å². The lowest BCUT2D eigenvalue weighted by molar-refractivity contribution is 0.0906. The maximum Gasteiger partial charge on any atom is 0.287 e. The molecule has 0 radical (unpaired) electrons. The molecular formula is C13H16BrN3O2. The van der Waals surface area contributed by atoms with Crippen LogP contribution in [0.1, 0.15) is 23.4 Å². The normalized spacial score (nSPS) is 19.9. The van der Waals surface area contributed by atoms with Crippen LogP contribution < -0.4 is 5.32 Å². The SMILES string of the molecule is N#CCN1CCCC(CNC(=O)c2ccc(Br)o2)C1. The van der Waals surface area contributed by atoms with E-state index in [4.69, 9.17) is 9.68 Å². The van der Waals surface area contributed by atoms with Crippen molar-refractivity contribution < 1.29 is 9.21 Å². The molecule has 2 rings (SSSR count). The van der Waals surface area contributed by atoms with Crippen LogP contribution in [0.4, 0.5) is 0 Å². The molecule has 0 aromatic carbocycles. The van der Waals surface area contributed by atoms with E-state index in [-0.39, 0.29) is 5.91 Å². The van der Waals surface area contributed by atoms with Gasteiger partial charge in [0, 0.05) is 13.1 Å². The van der Waals surface area contributed by atoms with E-state index in [1.807, 2.05) is 0 Å². The second-order valence-corrected chi connectivity index (χ2v) is 5.50. The van der Waals surface area contributed by atoms with E-state index in [0.717, 1.165) is 25.9 Å². The minimum Gasteiger partial charge on any atom is -0.444 e. The van der Waals surface area contributed by atoms with E-state index in [1.54, 1.807) is 12.1 Å². The van der Waals surface area contributed by atoms with Crippen molar-refractivity contribution in [1.82, 2.24) is 10.2 Å². The third-order valence-electron chi connectivity index (χ3n) is 3.25. The number of likely N-dealkylation sites (tertiary alicyclic amines) is 1. The van der Waals surface area contributed by atoms with Gasteiger partial charge in [0.25, 0.3) is 5.91 Å². The Morgan fingerprint density at radius 3 is 3.16 bits per heavy atom. The first kappa shape index (κ1) is 14.1. The highest BCUT2D eigenvalue weighted by Crippen LogP contribution is 2.16. The van der Waals surface area contributed by atoms with Crippen molar-refractivity contribution in [2.45, 2.75) is 12.8 Å². The summed E-state index contributed by atoms with van der Waals surface area (Å²) in [5, 5.41) is 11.6. The van der Waals surface area contributed by atoms with Gasteiger partial charge in [-0.2, -0.15) is 5.26 Å². The van der Waals surface area contributed by atoms with Crippen molar-refractivity contribution in [2.24, 2.45) is 5.92 Å². The second kappa shape index (κ2) is 6.73. The highest BCUT2D eigenvalue weighted by molar-refractivity contribution is 9.10. The Kier molecular flexibility index (Phi) is 5.00. The number of halogens is 1. The van der Waals surface area contributed by atoms with Gasteiger partial charge in [0.1, 0.15) is 0 Å². The van der Waals surface area contributed by atoms with Crippen molar-refractivity contribution in [1.29, 1.82) is 5.26 Å². The average Bonchev–Trinajstić information content (AvgIpc) is 2.84. The monoisotopic (exact) mass is 325 g/mol. The molecule has 0 bridgehead atoms. The van der Waals surface area contributed by atoms with Crippen LogP contribution in [0, 0.1) is 17.2 Å². The number of amides is 1. The minimum atomic E-state index is -0.192. The Labute approximate surface area is 120 Å². The number of nitriles is 1. The van der Waals surface area contributed by atoms with Crippen molar-refractivity contribution in [3.05, 3.63) is 22.6 Å². The molecule has 0 saturated carbocycles. The Bertz CT molecular complexity index is 480. The molecule has 1 amide bonds. The highest BCUT2D eigenvalue weighted by Gasteiger charge is 2.20. The topological polar surface area (TPSA) is 69.3 Å². The fraction of sp³-hybridized carbons (Fsp3) is 0.538. The van der Waals surface area contributed by atoms with Crippen LogP contribution in [0.3, 0.4) is 0 Å². The summed E-state index contributed by atoms with van der Waals surface area (Å²) in [7, 11) is 0. The molecule has 0 aliphatic carbocycles. The van der Waals surface area contributed by atoms with E-state index in [1.165, 1.54) is 0 Å². The molecule has 19 heavy (non-hydrogen) atoms. The van der Waals surface area contributed by atoms with Gasteiger partial charge >= 0.3 is 0 Å². The summed E-state index contributed by atoms with van der Waals surface area (Å²) in [4.78, 5) is 13.9. The van der Waals surface area contributed by atoms with Gasteiger partial charge in [0.05, 0.1) is 12.6 Å². The van der Waals surface area contributed by atoms with Gasteiger partial charge in [-0.05, 0) is 53.4 Å². The fourth-order valence-corrected chi connectivity index (χ4v) is 2.63. The van der Waals surface area contributed by atoms with Crippen LogP contribution in [0.2, 0.25) is 0 Å². The van der Waals surface area contributed by atoms with Crippen molar-refractivity contribution in [3.8, 4) is 6.07 Å². The largest absolute Gasteiger partial charge is 0.444 e. The molecule has 1 aliphatic heterocycles. The number of hydrogen-bond acceptors (Lipinski definition) is 4. The average molecular weight is 326 g/mol. The number of nitrogens with one attached hydrogen (secondary N) is 1. The van der Waals surface area contributed by atoms with Gasteiger partial charge in [-0.25, -0.2) is 0 Å². The summed E-state index contributed by atoms with van der Waals surface area (Å²) >= 11 is 3.17. The van der Waals surface area contributed by atoms with Crippen molar-refractivity contribution in [3.63, 3.8) is 0 Å². The summed E-state index contributed by atoms with van der Waals surface area (Å²) in [5.41, 5.74) is 0. The molecule has 1 aromatic rings. The molecule has 5 nitrogen and oxygen atoms in total. The molecule has 1 N–H and O–H groups in total. The number of rotatable bonds is 4. The molecule has 1 aliphatic rings. The molecule has 102 valence electrons. The van der Waals surface area contributed by atoms with Crippen LogP contribution in [0.5, 0.6) is 0 Å². The van der Waals surface area contributed by atoms with E-state index < -0.39 is 0 Å². The number of hydrogen-bond donors (Lipinski definition) is 1. The predicted molar refractivity (Wildman–Crippen MR) is 73.5 cm³/mol. The molecule has 1 aromatic heterocycles. The summed E-state index contributed by atoms with van der Waals surface area (Å²) < 4.78 is 5.75. The Hall–Kier alpha value is -1.32. The standard InChI is InChI=1S/C13H16BrN3O2/c14-12-4-3-11(19-12)13(18)16-8-10-2-1-6-17(9-10)7-5-15/h3-4,10H,1-2,6-9H2,(H,16,18). The quantitative estimate of drug-likeness (QED) is 0.860.